The van der Waals surface area contributed by atoms with Gasteiger partial charge in [0.25, 0.3) is 11.8 Å². The van der Waals surface area contributed by atoms with Crippen molar-refractivity contribution >= 4 is 46.0 Å². The molecule has 9 nitrogen and oxygen atoms in total. The lowest BCUT2D eigenvalue weighted by Gasteiger charge is -2.06. The Kier molecular flexibility index (Phi) is 8.04. The van der Waals surface area contributed by atoms with Gasteiger partial charge in [0, 0.05) is 28.5 Å². The summed E-state index contributed by atoms with van der Waals surface area (Å²) in [6.07, 6.45) is 8.47. The minimum atomic E-state index is -0.611. The van der Waals surface area contributed by atoms with Crippen molar-refractivity contribution in [3.8, 4) is 5.75 Å². The molecule has 2 N–H and O–H groups in total. The number of hydrogen-bond donors (Lipinski definition) is 2. The number of ether oxygens (including phenoxy) is 1. The van der Waals surface area contributed by atoms with Crippen molar-refractivity contribution in [1.82, 2.24) is 15.7 Å². The Morgan fingerprint density at radius 3 is 2.81 bits per heavy atom. The zero-order chi connectivity index (χ0) is 22.8. The van der Waals surface area contributed by atoms with Gasteiger partial charge in [-0.15, -0.1) is 0 Å². The summed E-state index contributed by atoms with van der Waals surface area (Å²) in [5.41, 5.74) is 3.08. The van der Waals surface area contributed by atoms with Crippen LogP contribution in [0.15, 0.2) is 81.2 Å². The Balaban J connectivity index is 1.55. The summed E-state index contributed by atoms with van der Waals surface area (Å²) in [5, 5.41) is 6.32. The highest BCUT2D eigenvalue weighted by Gasteiger charge is 2.09. The fraction of sp³-hybridized carbons (Fsp3) is 0.0455. The molecule has 162 valence electrons. The number of rotatable bonds is 8. The lowest BCUT2D eigenvalue weighted by atomic mass is 10.2. The van der Waals surface area contributed by atoms with E-state index in [4.69, 9.17) is 9.15 Å². The molecule has 0 saturated heterocycles. The topological polar surface area (TPSA) is 123 Å². The quantitative estimate of drug-likeness (QED) is 0.162. The third kappa shape index (κ3) is 7.03. The molecule has 2 heterocycles. The van der Waals surface area contributed by atoms with E-state index in [9.17, 15) is 14.4 Å². The number of hydrazone groups is 1. The number of aromatic nitrogens is 1. The van der Waals surface area contributed by atoms with E-state index >= 15 is 0 Å². The number of hydrogen-bond acceptors (Lipinski definition) is 7. The molecule has 0 fully saturated rings. The monoisotopic (exact) mass is 496 g/mol. The van der Waals surface area contributed by atoms with Crippen molar-refractivity contribution in [2.75, 3.05) is 6.54 Å². The zero-order valence-electron chi connectivity index (χ0n) is 16.5. The van der Waals surface area contributed by atoms with E-state index in [1.807, 2.05) is 0 Å². The summed E-state index contributed by atoms with van der Waals surface area (Å²) in [6.45, 7) is -0.275. The van der Waals surface area contributed by atoms with Crippen LogP contribution in [0.3, 0.4) is 0 Å². The van der Waals surface area contributed by atoms with Crippen LogP contribution in [-0.4, -0.2) is 35.5 Å². The first-order valence-corrected chi connectivity index (χ1v) is 10.0. The van der Waals surface area contributed by atoms with Crippen molar-refractivity contribution in [3.05, 3.63) is 88.6 Å². The van der Waals surface area contributed by atoms with E-state index in [0.29, 0.717) is 16.9 Å². The molecule has 2 amide bonds. The van der Waals surface area contributed by atoms with Crippen LogP contribution in [0.25, 0.3) is 6.08 Å². The molecule has 0 atom stereocenters. The van der Waals surface area contributed by atoms with Gasteiger partial charge in [-0.1, -0.05) is 15.9 Å². The number of esters is 1. The van der Waals surface area contributed by atoms with Crippen molar-refractivity contribution < 1.29 is 23.5 Å². The fourth-order valence-electron chi connectivity index (χ4n) is 2.36. The Morgan fingerprint density at radius 1 is 1.19 bits per heavy atom. The maximum atomic E-state index is 12.1. The predicted octanol–water partition coefficient (Wildman–Crippen LogP) is 2.94. The van der Waals surface area contributed by atoms with Gasteiger partial charge in [0.15, 0.2) is 0 Å². The zero-order valence-corrected chi connectivity index (χ0v) is 18.1. The second kappa shape index (κ2) is 11.4. The summed E-state index contributed by atoms with van der Waals surface area (Å²) in [6, 6.07) is 11.5. The first-order valence-electron chi connectivity index (χ1n) is 9.24. The molecule has 3 rings (SSSR count). The number of halogens is 1. The van der Waals surface area contributed by atoms with Crippen LogP contribution < -0.4 is 15.5 Å². The second-order valence-electron chi connectivity index (χ2n) is 6.17. The van der Waals surface area contributed by atoms with Gasteiger partial charge in [-0.2, -0.15) is 5.10 Å². The number of nitrogens with zero attached hydrogens (tertiary/aromatic N) is 2. The van der Waals surface area contributed by atoms with Crippen LogP contribution in [0.1, 0.15) is 21.7 Å². The Hall–Kier alpha value is -4.05. The average Bonchev–Trinajstić information content (AvgIpc) is 3.32. The molecular weight excluding hydrogens is 480 g/mol. The first-order chi connectivity index (χ1) is 15.5. The van der Waals surface area contributed by atoms with Crippen LogP contribution in [0.2, 0.25) is 0 Å². The van der Waals surface area contributed by atoms with Gasteiger partial charge >= 0.3 is 5.97 Å². The highest BCUT2D eigenvalue weighted by atomic mass is 79.9. The maximum Gasteiger partial charge on any atom is 0.336 e. The molecule has 1 aromatic carbocycles. The third-order valence-corrected chi connectivity index (χ3v) is 4.33. The number of furan rings is 1. The van der Waals surface area contributed by atoms with Crippen molar-refractivity contribution in [2.45, 2.75) is 0 Å². The van der Waals surface area contributed by atoms with Gasteiger partial charge in [0.05, 0.1) is 24.6 Å². The van der Waals surface area contributed by atoms with E-state index in [0.717, 1.165) is 4.47 Å². The molecule has 0 aliphatic rings. The summed E-state index contributed by atoms with van der Waals surface area (Å²) >= 11 is 3.33. The fourth-order valence-corrected chi connectivity index (χ4v) is 2.74. The molecule has 2 aromatic heterocycles. The molecule has 0 radical (unpaired) electrons. The van der Waals surface area contributed by atoms with Gasteiger partial charge in [-0.25, -0.2) is 10.2 Å². The minimum Gasteiger partial charge on any atom is -0.465 e. The maximum absolute atomic E-state index is 12.1. The van der Waals surface area contributed by atoms with Crippen molar-refractivity contribution in [1.29, 1.82) is 0 Å². The first kappa shape index (κ1) is 22.6. The Bertz CT molecular complexity index is 1140. The van der Waals surface area contributed by atoms with Gasteiger partial charge in [-0.3, -0.25) is 14.6 Å². The molecule has 32 heavy (non-hydrogen) atoms. The molecule has 0 spiro atoms. The summed E-state index contributed by atoms with van der Waals surface area (Å²) in [7, 11) is 0. The number of nitrogens with one attached hydrogen (secondary N) is 2. The van der Waals surface area contributed by atoms with Crippen LogP contribution in [0.4, 0.5) is 0 Å². The highest BCUT2D eigenvalue weighted by Crippen LogP contribution is 2.22. The molecule has 0 bridgehead atoms. The lowest BCUT2D eigenvalue weighted by Crippen LogP contribution is -2.34. The van der Waals surface area contributed by atoms with Crippen molar-refractivity contribution in [3.63, 3.8) is 0 Å². The number of carbonyl (C=O) groups excluding carboxylic acids is 3. The number of carbonyl (C=O) groups is 3. The second-order valence-corrected chi connectivity index (χ2v) is 7.09. The molecule has 0 aliphatic carbocycles. The predicted molar refractivity (Wildman–Crippen MR) is 120 cm³/mol. The largest absolute Gasteiger partial charge is 0.465 e. The molecule has 0 aliphatic heterocycles. The molecule has 0 unspecified atom stereocenters. The van der Waals surface area contributed by atoms with E-state index in [-0.39, 0.29) is 12.3 Å². The lowest BCUT2D eigenvalue weighted by molar-refractivity contribution is -0.129. The van der Waals surface area contributed by atoms with E-state index in [2.05, 4.69) is 36.8 Å². The van der Waals surface area contributed by atoms with Gasteiger partial charge in [-0.05, 0) is 48.5 Å². The Labute approximate surface area is 191 Å². The summed E-state index contributed by atoms with van der Waals surface area (Å²) < 4.78 is 11.2. The van der Waals surface area contributed by atoms with Crippen LogP contribution in [-0.2, 0) is 9.59 Å². The van der Waals surface area contributed by atoms with Crippen LogP contribution >= 0.6 is 15.9 Å². The van der Waals surface area contributed by atoms with Crippen LogP contribution in [0, 0.1) is 0 Å². The summed E-state index contributed by atoms with van der Waals surface area (Å²) in [4.78, 5) is 39.8. The molecular formula is C22H17BrN4O5. The molecule has 0 saturated carbocycles. The average molecular weight is 497 g/mol. The van der Waals surface area contributed by atoms with Gasteiger partial charge < -0.3 is 14.5 Å². The van der Waals surface area contributed by atoms with Gasteiger partial charge in [0.2, 0.25) is 0 Å². The van der Waals surface area contributed by atoms with Crippen LogP contribution in [0.5, 0.6) is 5.75 Å². The molecule has 3 aromatic rings. The minimum absolute atomic E-state index is 0.241. The number of pyridine rings is 1. The molecule has 10 heteroatoms. The highest BCUT2D eigenvalue weighted by molar-refractivity contribution is 9.10. The SMILES string of the molecule is O=C(CNC(=O)c1cccnc1)N/N=C\c1cc(Br)ccc1OC(=O)/C=C/c1ccco1. The van der Waals surface area contributed by atoms with E-state index in [1.54, 1.807) is 48.7 Å². The smallest absolute Gasteiger partial charge is 0.336 e. The standard InChI is InChI=1S/C22H17BrN4O5/c23-17-5-7-19(32-21(29)8-6-18-4-2-10-31-18)16(11-17)13-26-27-20(28)14-25-22(30)15-3-1-9-24-12-15/h1-13H,14H2,(H,25,30)(H,27,28)/b8-6+,26-13-. The summed E-state index contributed by atoms with van der Waals surface area (Å²) in [5.74, 6) is -0.821. The van der Waals surface area contributed by atoms with E-state index in [1.165, 1.54) is 30.8 Å². The van der Waals surface area contributed by atoms with Crippen molar-refractivity contribution in [2.24, 2.45) is 5.10 Å². The van der Waals surface area contributed by atoms with E-state index < -0.39 is 17.8 Å². The van der Waals surface area contributed by atoms with Gasteiger partial charge in [0.1, 0.15) is 11.5 Å². The Morgan fingerprint density at radius 2 is 2.06 bits per heavy atom. The third-order valence-electron chi connectivity index (χ3n) is 3.84. The normalized spacial score (nSPS) is 10.9. The number of benzene rings is 1. The number of amides is 2.